The molecule has 0 saturated carbocycles. The van der Waals surface area contributed by atoms with Crippen LogP contribution in [0.2, 0.25) is 0 Å². The molecule has 0 aromatic heterocycles. The Morgan fingerprint density at radius 1 is 1.10 bits per heavy atom. The molecule has 1 aliphatic rings. The van der Waals surface area contributed by atoms with E-state index in [1.165, 1.54) is 0 Å². The summed E-state index contributed by atoms with van der Waals surface area (Å²) in [6.07, 6.45) is 0. The summed E-state index contributed by atoms with van der Waals surface area (Å²) < 4.78 is 10.7. The number of benzene rings is 1. The normalized spacial score (nSPS) is 15.7. The highest BCUT2D eigenvalue weighted by molar-refractivity contribution is 7.47. The molecule has 0 atom stereocenters. The fourth-order valence-electron chi connectivity index (χ4n) is 0.897. The van der Waals surface area contributed by atoms with Crippen molar-refractivity contribution in [2.24, 2.45) is 0 Å². The van der Waals surface area contributed by atoms with Crippen LogP contribution in [-0.4, -0.2) is 6.66 Å². The Bertz CT molecular complexity index is 224. The molecule has 2 nitrogen and oxygen atoms in total. The van der Waals surface area contributed by atoms with E-state index in [-0.39, 0.29) is 0 Å². The lowest BCUT2D eigenvalue weighted by atomic mass is 10.3. The van der Waals surface area contributed by atoms with Gasteiger partial charge in [0.2, 0.25) is 0 Å². The molecule has 0 aliphatic carbocycles. The summed E-state index contributed by atoms with van der Waals surface area (Å²) in [4.78, 5) is 0. The standard InChI is InChI=1S/C7H7O2P/c1-10-8-6-4-2-3-5-7(6)9-10/h2-5H,1H3. The first-order chi connectivity index (χ1) is 4.86. The van der Waals surface area contributed by atoms with Crippen LogP contribution in [0.5, 0.6) is 11.5 Å². The summed E-state index contributed by atoms with van der Waals surface area (Å²) in [5.41, 5.74) is 0. The Hall–Kier alpha value is -0.750. The minimum absolute atomic E-state index is 0.692. The molecule has 10 heavy (non-hydrogen) atoms. The predicted molar refractivity (Wildman–Crippen MR) is 40.5 cm³/mol. The zero-order valence-corrected chi connectivity index (χ0v) is 6.47. The number of hydrogen-bond donors (Lipinski definition) is 0. The van der Waals surface area contributed by atoms with Gasteiger partial charge in [0.15, 0.2) is 11.5 Å². The lowest BCUT2D eigenvalue weighted by molar-refractivity contribution is 0.582. The number of fused-ring (bicyclic) bond motifs is 1. The SMILES string of the molecule is CP1Oc2ccccc2O1. The average molecular weight is 154 g/mol. The van der Waals surface area contributed by atoms with Crippen molar-refractivity contribution in [2.45, 2.75) is 0 Å². The van der Waals surface area contributed by atoms with E-state index in [1.807, 2.05) is 30.9 Å². The fraction of sp³-hybridized carbons (Fsp3) is 0.143. The van der Waals surface area contributed by atoms with Crippen LogP contribution in [0.1, 0.15) is 0 Å². The molecule has 0 unspecified atom stereocenters. The van der Waals surface area contributed by atoms with Gasteiger partial charge in [-0.3, -0.25) is 0 Å². The van der Waals surface area contributed by atoms with Crippen LogP contribution in [0.4, 0.5) is 0 Å². The first kappa shape index (κ1) is 5.99. The van der Waals surface area contributed by atoms with Crippen molar-refractivity contribution >= 4 is 8.38 Å². The van der Waals surface area contributed by atoms with Crippen LogP contribution in [0.15, 0.2) is 24.3 Å². The van der Waals surface area contributed by atoms with Gasteiger partial charge in [0.05, 0.1) is 0 Å². The average Bonchev–Trinajstić information content (AvgIpc) is 2.27. The van der Waals surface area contributed by atoms with Crippen molar-refractivity contribution < 1.29 is 9.05 Å². The van der Waals surface area contributed by atoms with Gasteiger partial charge in [0.25, 0.3) is 8.38 Å². The smallest absolute Gasteiger partial charge is 0.287 e. The summed E-state index contributed by atoms with van der Waals surface area (Å²) in [6.45, 7) is 1.94. The highest BCUT2D eigenvalue weighted by Crippen LogP contribution is 2.49. The van der Waals surface area contributed by atoms with Crippen LogP contribution in [-0.2, 0) is 0 Å². The third-order valence-electron chi connectivity index (χ3n) is 1.30. The molecule has 1 aliphatic heterocycles. The van der Waals surface area contributed by atoms with Gasteiger partial charge in [-0.25, -0.2) is 0 Å². The van der Waals surface area contributed by atoms with Crippen LogP contribution >= 0.6 is 8.38 Å². The molecule has 0 bridgehead atoms. The molecule has 0 spiro atoms. The monoisotopic (exact) mass is 154 g/mol. The van der Waals surface area contributed by atoms with Gasteiger partial charge in [0.1, 0.15) is 0 Å². The number of rotatable bonds is 0. The predicted octanol–water partition coefficient (Wildman–Crippen LogP) is 2.40. The van der Waals surface area contributed by atoms with Gasteiger partial charge < -0.3 is 9.05 Å². The summed E-state index contributed by atoms with van der Waals surface area (Å²) in [6, 6.07) is 7.72. The second-order valence-electron chi connectivity index (χ2n) is 2.07. The van der Waals surface area contributed by atoms with E-state index in [1.54, 1.807) is 0 Å². The third kappa shape index (κ3) is 0.850. The largest absolute Gasteiger partial charge is 0.435 e. The van der Waals surface area contributed by atoms with Crippen molar-refractivity contribution in [1.82, 2.24) is 0 Å². The van der Waals surface area contributed by atoms with Gasteiger partial charge in [-0.1, -0.05) is 12.1 Å². The van der Waals surface area contributed by atoms with E-state index in [2.05, 4.69) is 0 Å². The lowest BCUT2D eigenvalue weighted by Crippen LogP contribution is -1.78. The molecule has 0 radical (unpaired) electrons. The topological polar surface area (TPSA) is 18.5 Å². The first-order valence-corrected chi connectivity index (χ1v) is 4.67. The summed E-state index contributed by atoms with van der Waals surface area (Å²) in [7, 11) is -0.692. The van der Waals surface area contributed by atoms with Crippen LogP contribution in [0.3, 0.4) is 0 Å². The second kappa shape index (κ2) is 2.14. The van der Waals surface area contributed by atoms with Gasteiger partial charge in [-0.2, -0.15) is 0 Å². The Labute approximate surface area is 60.7 Å². The molecule has 1 aromatic rings. The zero-order valence-electron chi connectivity index (χ0n) is 5.57. The maximum Gasteiger partial charge on any atom is 0.287 e. The van der Waals surface area contributed by atoms with E-state index in [4.69, 9.17) is 9.05 Å². The Morgan fingerprint density at radius 3 is 2.10 bits per heavy atom. The van der Waals surface area contributed by atoms with Crippen molar-refractivity contribution in [2.75, 3.05) is 6.66 Å². The second-order valence-corrected chi connectivity index (χ2v) is 3.31. The minimum Gasteiger partial charge on any atom is -0.435 e. The lowest BCUT2D eigenvalue weighted by Gasteiger charge is -1.97. The molecule has 0 amide bonds. The van der Waals surface area contributed by atoms with E-state index in [0.29, 0.717) is 0 Å². The molecule has 0 fully saturated rings. The molecule has 2 rings (SSSR count). The van der Waals surface area contributed by atoms with Crippen molar-refractivity contribution in [3.05, 3.63) is 24.3 Å². The van der Waals surface area contributed by atoms with Crippen molar-refractivity contribution in [1.29, 1.82) is 0 Å². The van der Waals surface area contributed by atoms with Crippen molar-refractivity contribution in [3.8, 4) is 11.5 Å². The van der Waals surface area contributed by atoms with Crippen LogP contribution in [0.25, 0.3) is 0 Å². The molecular formula is C7H7O2P. The Balaban J connectivity index is 2.42. The molecule has 3 heteroatoms. The van der Waals surface area contributed by atoms with Gasteiger partial charge in [-0.15, -0.1) is 0 Å². The van der Waals surface area contributed by atoms with Crippen molar-refractivity contribution in [3.63, 3.8) is 0 Å². The van der Waals surface area contributed by atoms with Gasteiger partial charge in [0, 0.05) is 6.66 Å². The molecule has 1 heterocycles. The maximum absolute atomic E-state index is 5.35. The molecule has 0 saturated heterocycles. The third-order valence-corrected chi connectivity index (χ3v) is 2.21. The highest BCUT2D eigenvalue weighted by Gasteiger charge is 2.19. The highest BCUT2D eigenvalue weighted by atomic mass is 31.2. The van der Waals surface area contributed by atoms with Crippen LogP contribution < -0.4 is 9.05 Å². The zero-order chi connectivity index (χ0) is 6.97. The molecule has 52 valence electrons. The van der Waals surface area contributed by atoms with Gasteiger partial charge in [-0.05, 0) is 12.1 Å². The number of para-hydroxylation sites is 2. The van der Waals surface area contributed by atoms with E-state index < -0.39 is 8.38 Å². The quantitative estimate of drug-likeness (QED) is 0.534. The maximum atomic E-state index is 5.35. The van der Waals surface area contributed by atoms with E-state index in [9.17, 15) is 0 Å². The summed E-state index contributed by atoms with van der Waals surface area (Å²) >= 11 is 0. The van der Waals surface area contributed by atoms with E-state index >= 15 is 0 Å². The first-order valence-electron chi connectivity index (χ1n) is 3.05. The molecule has 0 N–H and O–H groups in total. The summed E-state index contributed by atoms with van der Waals surface area (Å²) in [5, 5.41) is 0. The Morgan fingerprint density at radius 2 is 1.60 bits per heavy atom. The van der Waals surface area contributed by atoms with Gasteiger partial charge >= 0.3 is 0 Å². The Kier molecular flexibility index (Phi) is 1.28. The summed E-state index contributed by atoms with van der Waals surface area (Å²) in [5.74, 6) is 1.74. The number of hydrogen-bond acceptors (Lipinski definition) is 2. The molecular weight excluding hydrogens is 147 g/mol. The van der Waals surface area contributed by atoms with E-state index in [0.717, 1.165) is 11.5 Å². The van der Waals surface area contributed by atoms with Crippen LogP contribution in [0, 0.1) is 0 Å². The molecule has 1 aromatic carbocycles. The minimum atomic E-state index is -0.692. The fourth-order valence-corrected chi connectivity index (χ4v) is 1.79.